The number of primary amides is 1. The van der Waals surface area contributed by atoms with Crippen molar-refractivity contribution in [1.82, 2.24) is 4.98 Å². The van der Waals surface area contributed by atoms with E-state index in [4.69, 9.17) is 11.5 Å². The maximum atomic E-state index is 11.5. The summed E-state index contributed by atoms with van der Waals surface area (Å²) in [6.07, 6.45) is 1.74. The van der Waals surface area contributed by atoms with Gasteiger partial charge < -0.3 is 16.8 Å². The smallest absolute Gasteiger partial charge is 0.250 e. The van der Waals surface area contributed by atoms with E-state index in [0.29, 0.717) is 16.9 Å². The lowest BCUT2D eigenvalue weighted by Crippen LogP contribution is -2.13. The van der Waals surface area contributed by atoms with E-state index in [2.05, 4.69) is 10.3 Å². The summed E-state index contributed by atoms with van der Waals surface area (Å²) in [6.45, 7) is 0. The van der Waals surface area contributed by atoms with E-state index in [1.54, 1.807) is 24.4 Å². The number of hydrogen-bond donors (Lipinski definition) is 3. The zero-order valence-corrected chi connectivity index (χ0v) is 11.2. The van der Waals surface area contributed by atoms with Gasteiger partial charge in [0, 0.05) is 23.0 Å². The van der Waals surface area contributed by atoms with Crippen LogP contribution in [-0.2, 0) is 0 Å². The molecule has 0 fully saturated rings. The molecule has 3 rings (SSSR count). The Morgan fingerprint density at radius 3 is 2.71 bits per heavy atom. The van der Waals surface area contributed by atoms with E-state index in [1.165, 1.54) is 0 Å². The van der Waals surface area contributed by atoms with Crippen LogP contribution in [0, 0.1) is 0 Å². The van der Waals surface area contributed by atoms with Crippen LogP contribution in [0.15, 0.2) is 54.7 Å². The van der Waals surface area contributed by atoms with Crippen LogP contribution in [0.5, 0.6) is 0 Å². The number of benzene rings is 2. The summed E-state index contributed by atoms with van der Waals surface area (Å²) in [7, 11) is 0. The predicted octanol–water partition coefficient (Wildman–Crippen LogP) is 2.66. The highest BCUT2D eigenvalue weighted by Crippen LogP contribution is 2.28. The van der Waals surface area contributed by atoms with Crippen LogP contribution in [0.3, 0.4) is 0 Å². The van der Waals surface area contributed by atoms with Gasteiger partial charge in [-0.25, -0.2) is 0 Å². The zero-order valence-electron chi connectivity index (χ0n) is 11.2. The molecule has 5 N–H and O–H groups in total. The molecule has 5 nitrogen and oxygen atoms in total. The van der Waals surface area contributed by atoms with Gasteiger partial charge in [0.2, 0.25) is 0 Å². The summed E-state index contributed by atoms with van der Waals surface area (Å²) in [5, 5.41) is 4.17. The molecule has 1 amide bonds. The lowest BCUT2D eigenvalue weighted by molar-refractivity contribution is 0.100. The quantitative estimate of drug-likeness (QED) is 0.642. The van der Waals surface area contributed by atoms with Crippen LogP contribution in [0.2, 0.25) is 0 Å². The number of nitrogens with zero attached hydrogens (tertiary/aromatic N) is 1. The van der Waals surface area contributed by atoms with Gasteiger partial charge in [0.15, 0.2) is 0 Å². The number of rotatable bonds is 3. The van der Waals surface area contributed by atoms with Crippen molar-refractivity contribution in [3.63, 3.8) is 0 Å². The van der Waals surface area contributed by atoms with Gasteiger partial charge in [0.1, 0.15) is 0 Å². The van der Waals surface area contributed by atoms with Gasteiger partial charge in [-0.05, 0) is 42.5 Å². The Morgan fingerprint density at radius 1 is 1.05 bits per heavy atom. The number of hydrogen-bond acceptors (Lipinski definition) is 4. The highest BCUT2D eigenvalue weighted by molar-refractivity contribution is 6.01. The Bertz CT molecular complexity index is 824. The lowest BCUT2D eigenvalue weighted by Gasteiger charge is -2.13. The summed E-state index contributed by atoms with van der Waals surface area (Å²) in [5.41, 5.74) is 14.4. The molecular formula is C16H14N4O. The zero-order chi connectivity index (χ0) is 14.8. The van der Waals surface area contributed by atoms with Crippen LogP contribution in [0.4, 0.5) is 17.1 Å². The Morgan fingerprint density at radius 2 is 1.90 bits per heavy atom. The van der Waals surface area contributed by atoms with Crippen molar-refractivity contribution in [3.8, 4) is 0 Å². The first-order valence-corrected chi connectivity index (χ1v) is 6.45. The topological polar surface area (TPSA) is 94.0 Å². The molecule has 0 atom stereocenters. The second-order valence-corrected chi connectivity index (χ2v) is 4.67. The molecule has 1 heterocycles. The molecule has 5 heteroatoms. The first kappa shape index (κ1) is 12.9. The monoisotopic (exact) mass is 278 g/mol. The van der Waals surface area contributed by atoms with Crippen molar-refractivity contribution in [2.24, 2.45) is 5.73 Å². The summed E-state index contributed by atoms with van der Waals surface area (Å²) in [5.74, 6) is -0.504. The Hall–Kier alpha value is -3.08. The predicted molar refractivity (Wildman–Crippen MR) is 84.4 cm³/mol. The molecule has 0 aliphatic rings. The van der Waals surface area contributed by atoms with E-state index in [1.807, 2.05) is 30.3 Å². The van der Waals surface area contributed by atoms with Gasteiger partial charge in [0.25, 0.3) is 5.91 Å². The Balaban J connectivity index is 2.11. The molecule has 104 valence electrons. The molecule has 0 saturated carbocycles. The fraction of sp³-hybridized carbons (Fsp3) is 0. The molecule has 21 heavy (non-hydrogen) atoms. The minimum absolute atomic E-state index is 0.394. The molecule has 2 aromatic carbocycles. The van der Waals surface area contributed by atoms with Crippen molar-refractivity contribution in [1.29, 1.82) is 0 Å². The van der Waals surface area contributed by atoms with E-state index in [-0.39, 0.29) is 0 Å². The number of nitrogens with one attached hydrogen (secondary N) is 1. The molecular weight excluding hydrogens is 264 g/mol. The summed E-state index contributed by atoms with van der Waals surface area (Å²) in [6, 6.07) is 14.5. The third-order valence-electron chi connectivity index (χ3n) is 3.22. The number of pyridine rings is 1. The lowest BCUT2D eigenvalue weighted by atomic mass is 10.1. The SMILES string of the molecule is NC(=O)c1ccc(N)cc1Nc1cccc2ncccc12. The van der Waals surface area contributed by atoms with Crippen molar-refractivity contribution < 1.29 is 4.79 Å². The van der Waals surface area contributed by atoms with Crippen molar-refractivity contribution >= 4 is 33.9 Å². The third kappa shape index (κ3) is 2.49. The second-order valence-electron chi connectivity index (χ2n) is 4.67. The largest absolute Gasteiger partial charge is 0.399 e. The molecule has 3 aromatic rings. The first-order chi connectivity index (χ1) is 10.1. The van der Waals surface area contributed by atoms with E-state index < -0.39 is 5.91 Å². The molecule has 0 unspecified atom stereocenters. The van der Waals surface area contributed by atoms with Gasteiger partial charge in [0.05, 0.1) is 16.8 Å². The number of anilines is 3. The van der Waals surface area contributed by atoms with E-state index in [0.717, 1.165) is 16.6 Å². The number of nitrogen functional groups attached to an aromatic ring is 1. The number of fused-ring (bicyclic) bond motifs is 1. The highest BCUT2D eigenvalue weighted by atomic mass is 16.1. The van der Waals surface area contributed by atoms with Crippen LogP contribution in [0.25, 0.3) is 10.9 Å². The standard InChI is InChI=1S/C16H14N4O/c17-10-6-7-12(16(18)21)15(9-10)20-14-5-1-4-13-11(14)3-2-8-19-13/h1-9,20H,17H2,(H2,18,21). The van der Waals surface area contributed by atoms with Gasteiger partial charge in [-0.15, -0.1) is 0 Å². The Labute approximate surface area is 121 Å². The fourth-order valence-electron chi connectivity index (χ4n) is 2.24. The highest BCUT2D eigenvalue weighted by Gasteiger charge is 2.10. The summed E-state index contributed by atoms with van der Waals surface area (Å²) >= 11 is 0. The molecule has 0 aliphatic carbocycles. The average molecular weight is 278 g/mol. The maximum absolute atomic E-state index is 11.5. The number of nitrogens with two attached hydrogens (primary N) is 2. The van der Waals surface area contributed by atoms with E-state index >= 15 is 0 Å². The summed E-state index contributed by atoms with van der Waals surface area (Å²) in [4.78, 5) is 15.8. The molecule has 0 bridgehead atoms. The van der Waals surface area contributed by atoms with Gasteiger partial charge in [-0.2, -0.15) is 0 Å². The third-order valence-corrected chi connectivity index (χ3v) is 3.22. The van der Waals surface area contributed by atoms with Gasteiger partial charge in [-0.1, -0.05) is 6.07 Å². The van der Waals surface area contributed by atoms with Crippen LogP contribution in [0.1, 0.15) is 10.4 Å². The van der Waals surface area contributed by atoms with Crippen molar-refractivity contribution in [3.05, 3.63) is 60.3 Å². The molecule has 0 radical (unpaired) electrons. The molecule has 0 saturated heterocycles. The van der Waals surface area contributed by atoms with E-state index in [9.17, 15) is 4.79 Å². The minimum Gasteiger partial charge on any atom is -0.399 e. The van der Waals surface area contributed by atoms with Crippen molar-refractivity contribution in [2.75, 3.05) is 11.1 Å². The number of aromatic nitrogens is 1. The normalized spacial score (nSPS) is 10.5. The molecule has 0 aliphatic heterocycles. The molecule has 0 spiro atoms. The number of carbonyl (C=O) groups excluding carboxylic acids is 1. The van der Waals surface area contributed by atoms with Gasteiger partial charge >= 0.3 is 0 Å². The number of amides is 1. The minimum atomic E-state index is -0.504. The van der Waals surface area contributed by atoms with Crippen LogP contribution in [-0.4, -0.2) is 10.9 Å². The first-order valence-electron chi connectivity index (χ1n) is 6.45. The summed E-state index contributed by atoms with van der Waals surface area (Å²) < 4.78 is 0. The van der Waals surface area contributed by atoms with Crippen LogP contribution < -0.4 is 16.8 Å². The van der Waals surface area contributed by atoms with Crippen LogP contribution >= 0.6 is 0 Å². The van der Waals surface area contributed by atoms with Crippen molar-refractivity contribution in [2.45, 2.75) is 0 Å². The average Bonchev–Trinajstić information content (AvgIpc) is 2.47. The number of carbonyl (C=O) groups is 1. The fourth-order valence-corrected chi connectivity index (χ4v) is 2.24. The van der Waals surface area contributed by atoms with Gasteiger partial charge in [-0.3, -0.25) is 9.78 Å². The molecule has 1 aromatic heterocycles. The maximum Gasteiger partial charge on any atom is 0.250 e. The Kier molecular flexibility index (Phi) is 3.16. The second kappa shape index (κ2) is 5.13.